The summed E-state index contributed by atoms with van der Waals surface area (Å²) in [6.07, 6.45) is 6.60. The van der Waals surface area contributed by atoms with Crippen LogP contribution in [0.1, 0.15) is 92.9 Å². The fraction of sp³-hybridized carbons (Fsp3) is 0.880. The first-order valence-corrected chi connectivity index (χ1v) is 12.3. The SMILES string of the molecule is CCCN1CCC(C#N)(NC(=O)C(CC2CCC(C)(C)CC2)NC(=O)OC(C)(C)C)CC1. The molecule has 2 N–H and O–H groups in total. The number of rotatable bonds is 7. The monoisotopic (exact) mass is 448 g/mol. The number of hydrogen-bond acceptors (Lipinski definition) is 5. The Labute approximate surface area is 194 Å². The molecule has 0 aromatic heterocycles. The van der Waals surface area contributed by atoms with Gasteiger partial charge in [0.25, 0.3) is 0 Å². The lowest BCUT2D eigenvalue weighted by Gasteiger charge is -2.39. The van der Waals surface area contributed by atoms with E-state index >= 15 is 0 Å². The van der Waals surface area contributed by atoms with Gasteiger partial charge in [-0.25, -0.2) is 4.79 Å². The summed E-state index contributed by atoms with van der Waals surface area (Å²) in [6, 6.07) is 1.67. The van der Waals surface area contributed by atoms with Crippen LogP contribution >= 0.6 is 0 Å². The third kappa shape index (κ3) is 8.27. The van der Waals surface area contributed by atoms with Crippen LogP contribution in [0.4, 0.5) is 4.79 Å². The van der Waals surface area contributed by atoms with Gasteiger partial charge in [-0.1, -0.05) is 20.8 Å². The van der Waals surface area contributed by atoms with E-state index in [1.165, 1.54) is 0 Å². The van der Waals surface area contributed by atoms with Crippen LogP contribution in [0.5, 0.6) is 0 Å². The second-order valence-electron chi connectivity index (χ2n) is 11.6. The summed E-state index contributed by atoms with van der Waals surface area (Å²) in [4.78, 5) is 28.2. The quantitative estimate of drug-likeness (QED) is 0.603. The maximum Gasteiger partial charge on any atom is 0.408 e. The Morgan fingerprint density at radius 1 is 1.16 bits per heavy atom. The van der Waals surface area contributed by atoms with E-state index in [0.717, 1.165) is 51.7 Å². The van der Waals surface area contributed by atoms with Gasteiger partial charge in [0, 0.05) is 13.1 Å². The van der Waals surface area contributed by atoms with Crippen LogP contribution in [0.2, 0.25) is 0 Å². The zero-order chi connectivity index (χ0) is 24.0. The Hall–Kier alpha value is -1.81. The van der Waals surface area contributed by atoms with Crippen molar-refractivity contribution in [1.29, 1.82) is 5.26 Å². The summed E-state index contributed by atoms with van der Waals surface area (Å²) in [5, 5.41) is 15.7. The molecule has 0 aromatic carbocycles. The van der Waals surface area contributed by atoms with Crippen LogP contribution in [0.15, 0.2) is 0 Å². The van der Waals surface area contributed by atoms with E-state index < -0.39 is 23.3 Å². The fourth-order valence-electron chi connectivity index (χ4n) is 4.77. The van der Waals surface area contributed by atoms with Gasteiger partial charge in [-0.2, -0.15) is 5.26 Å². The van der Waals surface area contributed by atoms with Gasteiger partial charge in [0.2, 0.25) is 5.91 Å². The van der Waals surface area contributed by atoms with Crippen molar-refractivity contribution in [2.75, 3.05) is 19.6 Å². The van der Waals surface area contributed by atoms with Crippen LogP contribution in [0, 0.1) is 22.7 Å². The van der Waals surface area contributed by atoms with Crippen molar-refractivity contribution >= 4 is 12.0 Å². The fourth-order valence-corrected chi connectivity index (χ4v) is 4.77. The normalized spacial score (nSPS) is 22.4. The molecular weight excluding hydrogens is 404 g/mol. The summed E-state index contributed by atoms with van der Waals surface area (Å²) in [5.41, 5.74) is -1.17. The van der Waals surface area contributed by atoms with Crippen molar-refractivity contribution < 1.29 is 14.3 Å². The number of hydrogen-bond donors (Lipinski definition) is 2. The van der Waals surface area contributed by atoms with E-state index in [2.05, 4.69) is 42.4 Å². The zero-order valence-corrected chi connectivity index (χ0v) is 21.1. The molecule has 1 aliphatic carbocycles. The Kier molecular flexibility index (Phi) is 8.98. The van der Waals surface area contributed by atoms with E-state index in [0.29, 0.717) is 30.6 Å². The number of nitriles is 1. The smallest absolute Gasteiger partial charge is 0.408 e. The number of likely N-dealkylation sites (tertiary alicyclic amines) is 1. The number of carbonyl (C=O) groups excluding carboxylic acids is 2. The highest BCUT2D eigenvalue weighted by Gasteiger charge is 2.39. The molecule has 1 unspecified atom stereocenters. The van der Waals surface area contributed by atoms with Gasteiger partial charge in [-0.05, 0) is 90.0 Å². The molecule has 1 heterocycles. The number of carbonyl (C=O) groups is 2. The van der Waals surface area contributed by atoms with Crippen LogP contribution in [-0.2, 0) is 9.53 Å². The minimum absolute atomic E-state index is 0.272. The maximum absolute atomic E-state index is 13.3. The van der Waals surface area contributed by atoms with Crippen molar-refractivity contribution in [1.82, 2.24) is 15.5 Å². The molecule has 0 spiro atoms. The Morgan fingerprint density at radius 3 is 2.25 bits per heavy atom. The van der Waals surface area contributed by atoms with Crippen molar-refractivity contribution in [3.05, 3.63) is 0 Å². The van der Waals surface area contributed by atoms with Crippen LogP contribution in [0.3, 0.4) is 0 Å². The Morgan fingerprint density at radius 2 is 1.75 bits per heavy atom. The maximum atomic E-state index is 13.3. The lowest BCUT2D eigenvalue weighted by molar-refractivity contribution is -0.125. The molecule has 2 amide bonds. The highest BCUT2D eigenvalue weighted by Crippen LogP contribution is 2.39. The third-order valence-corrected chi connectivity index (χ3v) is 6.86. The largest absolute Gasteiger partial charge is 0.444 e. The van der Waals surface area contributed by atoms with Crippen LogP contribution in [0.25, 0.3) is 0 Å². The minimum Gasteiger partial charge on any atom is -0.444 e. The van der Waals surface area contributed by atoms with E-state index in [1.54, 1.807) is 20.8 Å². The molecule has 7 nitrogen and oxygen atoms in total. The second kappa shape index (κ2) is 10.9. The van der Waals surface area contributed by atoms with Crippen LogP contribution < -0.4 is 10.6 Å². The number of ether oxygens (including phenoxy) is 1. The number of nitrogens with zero attached hydrogens (tertiary/aromatic N) is 2. The van der Waals surface area contributed by atoms with Crippen molar-refractivity contribution in [2.24, 2.45) is 11.3 Å². The summed E-state index contributed by atoms with van der Waals surface area (Å²) in [5.74, 6) is 0.101. The lowest BCUT2D eigenvalue weighted by Crippen LogP contribution is -2.59. The average Bonchev–Trinajstić information content (AvgIpc) is 2.69. The highest BCUT2D eigenvalue weighted by atomic mass is 16.6. The Bertz CT molecular complexity index is 674. The van der Waals surface area contributed by atoms with Crippen molar-refractivity contribution in [2.45, 2.75) is 110 Å². The molecule has 1 aliphatic heterocycles. The summed E-state index contributed by atoms with van der Waals surface area (Å²) in [6.45, 7) is 14.7. The minimum atomic E-state index is -0.871. The van der Waals surface area contributed by atoms with Crippen LogP contribution in [-0.4, -0.2) is 53.7 Å². The molecular formula is C25H44N4O3. The summed E-state index contributed by atoms with van der Waals surface area (Å²) < 4.78 is 5.42. The molecule has 2 fully saturated rings. The molecule has 1 saturated heterocycles. The van der Waals surface area contributed by atoms with Gasteiger partial charge in [0.05, 0.1) is 6.07 Å². The van der Waals surface area contributed by atoms with E-state index in [4.69, 9.17) is 4.74 Å². The molecule has 2 aliphatic rings. The predicted molar refractivity (Wildman–Crippen MR) is 126 cm³/mol. The molecule has 0 aromatic rings. The number of nitrogens with one attached hydrogen (secondary N) is 2. The molecule has 0 radical (unpaired) electrons. The predicted octanol–water partition coefficient (Wildman–Crippen LogP) is 4.37. The number of alkyl carbamates (subject to hydrolysis) is 1. The second-order valence-corrected chi connectivity index (χ2v) is 11.6. The van der Waals surface area contributed by atoms with Crippen molar-refractivity contribution in [3.63, 3.8) is 0 Å². The third-order valence-electron chi connectivity index (χ3n) is 6.86. The topological polar surface area (TPSA) is 94.5 Å². The molecule has 7 heteroatoms. The first-order chi connectivity index (χ1) is 14.9. The Balaban J connectivity index is 2.07. The zero-order valence-electron chi connectivity index (χ0n) is 21.1. The van der Waals surface area contributed by atoms with Gasteiger partial charge < -0.3 is 20.3 Å². The molecule has 2 rings (SSSR count). The van der Waals surface area contributed by atoms with Gasteiger partial charge in [-0.3, -0.25) is 4.79 Å². The molecule has 32 heavy (non-hydrogen) atoms. The molecule has 0 bridgehead atoms. The summed E-state index contributed by atoms with van der Waals surface area (Å²) in [7, 11) is 0. The van der Waals surface area contributed by atoms with E-state index in [-0.39, 0.29) is 5.91 Å². The van der Waals surface area contributed by atoms with Crippen molar-refractivity contribution in [3.8, 4) is 6.07 Å². The van der Waals surface area contributed by atoms with Gasteiger partial charge >= 0.3 is 6.09 Å². The van der Waals surface area contributed by atoms with Gasteiger partial charge in [-0.15, -0.1) is 0 Å². The molecule has 1 atom stereocenters. The van der Waals surface area contributed by atoms with E-state index in [9.17, 15) is 14.9 Å². The van der Waals surface area contributed by atoms with Gasteiger partial charge in [0.1, 0.15) is 17.2 Å². The highest BCUT2D eigenvalue weighted by molar-refractivity contribution is 5.86. The molecule has 182 valence electrons. The first kappa shape index (κ1) is 26.4. The number of amides is 2. The van der Waals surface area contributed by atoms with E-state index in [1.807, 2.05) is 0 Å². The standard InChI is InChI=1S/C25H44N4O3/c1-7-14-29-15-12-25(18-26,13-16-29)28-21(30)20(27-22(31)32-23(2,3)4)17-19-8-10-24(5,6)11-9-19/h19-20H,7-17H2,1-6H3,(H,27,31)(H,28,30). The number of piperidine rings is 1. The average molecular weight is 449 g/mol. The van der Waals surface area contributed by atoms with Gasteiger partial charge in [0.15, 0.2) is 0 Å². The lowest BCUT2D eigenvalue weighted by atomic mass is 9.71. The molecule has 1 saturated carbocycles. The summed E-state index contributed by atoms with van der Waals surface area (Å²) >= 11 is 0. The first-order valence-electron chi connectivity index (χ1n) is 12.3.